The third-order valence-corrected chi connectivity index (χ3v) is 3.90. The number of nitrogens with zero attached hydrogens (tertiary/aromatic N) is 1. The van der Waals surface area contributed by atoms with Crippen molar-refractivity contribution in [2.24, 2.45) is 5.92 Å². The summed E-state index contributed by atoms with van der Waals surface area (Å²) in [5, 5.41) is 3.46. The van der Waals surface area contributed by atoms with Gasteiger partial charge in [-0.15, -0.1) is 0 Å². The fourth-order valence-corrected chi connectivity index (χ4v) is 2.59. The summed E-state index contributed by atoms with van der Waals surface area (Å²) in [7, 11) is 0. The largest absolute Gasteiger partial charge is 0.477 e. The summed E-state index contributed by atoms with van der Waals surface area (Å²) < 4.78 is 5.77. The van der Waals surface area contributed by atoms with Crippen LogP contribution in [0.1, 0.15) is 57.6 Å². The molecule has 1 aromatic heterocycles. The van der Waals surface area contributed by atoms with Crippen LogP contribution in [0.3, 0.4) is 0 Å². The second-order valence-electron chi connectivity index (χ2n) is 5.57. The van der Waals surface area contributed by atoms with Crippen LogP contribution in [-0.4, -0.2) is 18.1 Å². The summed E-state index contributed by atoms with van der Waals surface area (Å²) in [6.07, 6.45) is 8.44. The maximum absolute atomic E-state index is 5.77. The SMILES string of the molecule is CCCNC(C)c1ccc(OCC2CCCC2)nc1. The van der Waals surface area contributed by atoms with Crippen LogP contribution < -0.4 is 10.1 Å². The van der Waals surface area contributed by atoms with E-state index in [9.17, 15) is 0 Å². The average molecular weight is 262 g/mol. The smallest absolute Gasteiger partial charge is 0.213 e. The van der Waals surface area contributed by atoms with Gasteiger partial charge in [0.1, 0.15) is 0 Å². The number of rotatable bonds is 7. The lowest BCUT2D eigenvalue weighted by Crippen LogP contribution is -2.19. The lowest BCUT2D eigenvalue weighted by atomic mass is 10.1. The molecule has 106 valence electrons. The van der Waals surface area contributed by atoms with Gasteiger partial charge in [-0.2, -0.15) is 0 Å². The van der Waals surface area contributed by atoms with Crippen LogP contribution in [-0.2, 0) is 0 Å². The van der Waals surface area contributed by atoms with Gasteiger partial charge in [-0.25, -0.2) is 4.98 Å². The Kier molecular flexibility index (Phi) is 5.64. The first-order valence-corrected chi connectivity index (χ1v) is 7.61. The molecule has 3 heteroatoms. The molecular formula is C16H26N2O. The third-order valence-electron chi connectivity index (χ3n) is 3.90. The van der Waals surface area contributed by atoms with Crippen LogP contribution in [0, 0.1) is 5.92 Å². The van der Waals surface area contributed by atoms with Crippen molar-refractivity contribution in [3.8, 4) is 5.88 Å². The van der Waals surface area contributed by atoms with Crippen molar-refractivity contribution in [3.63, 3.8) is 0 Å². The van der Waals surface area contributed by atoms with Gasteiger partial charge in [0.2, 0.25) is 5.88 Å². The van der Waals surface area contributed by atoms with Crippen molar-refractivity contribution in [1.82, 2.24) is 10.3 Å². The van der Waals surface area contributed by atoms with E-state index in [1.54, 1.807) is 0 Å². The Balaban J connectivity index is 1.80. The molecule has 1 aliphatic rings. The van der Waals surface area contributed by atoms with Gasteiger partial charge in [-0.1, -0.05) is 25.8 Å². The highest BCUT2D eigenvalue weighted by molar-refractivity contribution is 5.20. The minimum atomic E-state index is 0.358. The van der Waals surface area contributed by atoms with Gasteiger partial charge in [0, 0.05) is 18.3 Å². The molecule has 2 rings (SSSR count). The monoisotopic (exact) mass is 262 g/mol. The molecule has 1 fully saturated rings. The number of hydrogen-bond acceptors (Lipinski definition) is 3. The van der Waals surface area contributed by atoms with Crippen molar-refractivity contribution in [3.05, 3.63) is 23.9 Å². The number of pyridine rings is 1. The van der Waals surface area contributed by atoms with E-state index < -0.39 is 0 Å². The van der Waals surface area contributed by atoms with Gasteiger partial charge in [-0.3, -0.25) is 0 Å². The molecule has 1 aromatic rings. The Morgan fingerprint density at radius 1 is 1.37 bits per heavy atom. The molecule has 0 amide bonds. The number of hydrogen-bond donors (Lipinski definition) is 1. The zero-order valence-electron chi connectivity index (χ0n) is 12.2. The molecule has 0 radical (unpaired) electrons. The van der Waals surface area contributed by atoms with Crippen molar-refractivity contribution in [2.45, 2.75) is 52.0 Å². The Morgan fingerprint density at radius 3 is 2.79 bits per heavy atom. The maximum atomic E-state index is 5.77. The first-order valence-electron chi connectivity index (χ1n) is 7.61. The Hall–Kier alpha value is -1.09. The lowest BCUT2D eigenvalue weighted by Gasteiger charge is -2.14. The topological polar surface area (TPSA) is 34.1 Å². The van der Waals surface area contributed by atoms with Gasteiger partial charge < -0.3 is 10.1 Å². The molecule has 0 aliphatic heterocycles. The van der Waals surface area contributed by atoms with Crippen molar-refractivity contribution < 1.29 is 4.74 Å². The second kappa shape index (κ2) is 7.49. The van der Waals surface area contributed by atoms with Gasteiger partial charge in [0.25, 0.3) is 0 Å². The van der Waals surface area contributed by atoms with Crippen molar-refractivity contribution in [2.75, 3.05) is 13.2 Å². The molecule has 1 heterocycles. The van der Waals surface area contributed by atoms with E-state index in [1.807, 2.05) is 12.3 Å². The van der Waals surface area contributed by atoms with Crippen LogP contribution in [0.2, 0.25) is 0 Å². The number of nitrogens with one attached hydrogen (secondary N) is 1. The lowest BCUT2D eigenvalue weighted by molar-refractivity contribution is 0.243. The maximum Gasteiger partial charge on any atom is 0.213 e. The molecule has 1 unspecified atom stereocenters. The average Bonchev–Trinajstić information content (AvgIpc) is 2.96. The van der Waals surface area contributed by atoms with Crippen LogP contribution in [0.5, 0.6) is 5.88 Å². The third kappa shape index (κ3) is 4.50. The Bertz CT molecular complexity index is 358. The molecule has 0 bridgehead atoms. The molecule has 1 aliphatic carbocycles. The highest BCUT2D eigenvalue weighted by atomic mass is 16.5. The summed E-state index contributed by atoms with van der Waals surface area (Å²) >= 11 is 0. The Labute approximate surface area is 116 Å². The quantitative estimate of drug-likeness (QED) is 0.813. The first kappa shape index (κ1) is 14.3. The fourth-order valence-electron chi connectivity index (χ4n) is 2.59. The molecule has 3 nitrogen and oxygen atoms in total. The van der Waals surface area contributed by atoms with Crippen molar-refractivity contribution >= 4 is 0 Å². The molecule has 0 spiro atoms. The standard InChI is InChI=1S/C16H26N2O/c1-3-10-17-13(2)15-8-9-16(18-11-15)19-12-14-6-4-5-7-14/h8-9,11,13-14,17H,3-7,10,12H2,1-2H3. The highest BCUT2D eigenvalue weighted by Gasteiger charge is 2.15. The van der Waals surface area contributed by atoms with Crippen LogP contribution in [0.15, 0.2) is 18.3 Å². The summed E-state index contributed by atoms with van der Waals surface area (Å²) in [6, 6.07) is 4.47. The van der Waals surface area contributed by atoms with Crippen LogP contribution >= 0.6 is 0 Å². The summed E-state index contributed by atoms with van der Waals surface area (Å²) in [4.78, 5) is 4.41. The zero-order valence-corrected chi connectivity index (χ0v) is 12.2. The van der Waals surface area contributed by atoms with Gasteiger partial charge in [-0.05, 0) is 44.2 Å². The normalized spacial score (nSPS) is 17.6. The molecule has 0 aromatic carbocycles. The predicted octanol–water partition coefficient (Wildman–Crippen LogP) is 3.71. The summed E-state index contributed by atoms with van der Waals surface area (Å²) in [5.74, 6) is 1.50. The van der Waals surface area contributed by atoms with Gasteiger partial charge in [0.05, 0.1) is 6.61 Å². The summed E-state index contributed by atoms with van der Waals surface area (Å²) in [6.45, 7) is 6.22. The van der Waals surface area contributed by atoms with Gasteiger partial charge >= 0.3 is 0 Å². The van der Waals surface area contributed by atoms with E-state index in [0.29, 0.717) is 6.04 Å². The molecule has 0 saturated heterocycles. The van der Waals surface area contributed by atoms with Crippen molar-refractivity contribution in [1.29, 1.82) is 0 Å². The summed E-state index contributed by atoms with van der Waals surface area (Å²) in [5.41, 5.74) is 1.22. The first-order chi connectivity index (χ1) is 9.29. The van der Waals surface area contributed by atoms with E-state index in [0.717, 1.165) is 31.4 Å². The minimum Gasteiger partial charge on any atom is -0.477 e. The zero-order chi connectivity index (χ0) is 13.5. The van der Waals surface area contributed by atoms with Gasteiger partial charge in [0.15, 0.2) is 0 Å². The van der Waals surface area contributed by atoms with E-state index in [2.05, 4.69) is 30.2 Å². The highest BCUT2D eigenvalue weighted by Crippen LogP contribution is 2.25. The fraction of sp³-hybridized carbons (Fsp3) is 0.688. The van der Waals surface area contributed by atoms with E-state index in [-0.39, 0.29) is 0 Å². The minimum absolute atomic E-state index is 0.358. The van der Waals surface area contributed by atoms with Crippen LogP contribution in [0.25, 0.3) is 0 Å². The Morgan fingerprint density at radius 2 is 2.16 bits per heavy atom. The number of aromatic nitrogens is 1. The molecule has 19 heavy (non-hydrogen) atoms. The van der Waals surface area contributed by atoms with E-state index >= 15 is 0 Å². The number of ether oxygens (including phenoxy) is 1. The van der Waals surface area contributed by atoms with E-state index in [4.69, 9.17) is 4.74 Å². The molecule has 1 N–H and O–H groups in total. The molecule has 1 saturated carbocycles. The van der Waals surface area contributed by atoms with E-state index in [1.165, 1.54) is 31.2 Å². The molecular weight excluding hydrogens is 236 g/mol. The second-order valence-corrected chi connectivity index (χ2v) is 5.57. The predicted molar refractivity (Wildman–Crippen MR) is 78.4 cm³/mol. The molecule has 1 atom stereocenters. The van der Waals surface area contributed by atoms with Crippen LogP contribution in [0.4, 0.5) is 0 Å².